The van der Waals surface area contributed by atoms with Crippen molar-refractivity contribution in [2.75, 3.05) is 26.8 Å². The Hall–Kier alpha value is -0.120. The first kappa shape index (κ1) is 14.9. The van der Waals surface area contributed by atoms with Gasteiger partial charge in [0.2, 0.25) is 0 Å². The van der Waals surface area contributed by atoms with E-state index >= 15 is 0 Å². The molecule has 0 bridgehead atoms. The van der Waals surface area contributed by atoms with Gasteiger partial charge in [-0.15, -0.1) is 0 Å². The summed E-state index contributed by atoms with van der Waals surface area (Å²) in [6.07, 6.45) is 2.61. The highest BCUT2D eigenvalue weighted by molar-refractivity contribution is 4.58. The predicted molar refractivity (Wildman–Crippen MR) is 64.3 cm³/mol. The van der Waals surface area contributed by atoms with Crippen molar-refractivity contribution in [3.63, 3.8) is 0 Å². The Morgan fingerprint density at radius 1 is 1.20 bits per heavy atom. The molecular formula is C12H27NO2. The second-order valence-electron chi connectivity index (χ2n) is 4.89. The summed E-state index contributed by atoms with van der Waals surface area (Å²) in [5.74, 6) is 0. The van der Waals surface area contributed by atoms with Crippen LogP contribution in [0.15, 0.2) is 0 Å². The highest BCUT2D eigenvalue weighted by Gasteiger charge is 2.09. The molecule has 92 valence electrons. The molecule has 3 nitrogen and oxygen atoms in total. The third-order valence-corrected chi connectivity index (χ3v) is 2.06. The normalized spacial score (nSPS) is 14.2. The molecule has 0 aliphatic rings. The maximum Gasteiger partial charge on any atom is 0.0707 e. The molecule has 0 spiro atoms. The van der Waals surface area contributed by atoms with E-state index in [0.717, 1.165) is 19.4 Å². The molecule has 1 unspecified atom stereocenters. The van der Waals surface area contributed by atoms with Gasteiger partial charge < -0.3 is 14.8 Å². The van der Waals surface area contributed by atoms with Crippen LogP contribution in [0.2, 0.25) is 0 Å². The van der Waals surface area contributed by atoms with E-state index in [4.69, 9.17) is 9.47 Å². The number of hydrogen-bond donors (Lipinski definition) is 1. The van der Waals surface area contributed by atoms with Crippen molar-refractivity contribution in [1.29, 1.82) is 0 Å². The predicted octanol–water partition coefficient (Wildman–Crippen LogP) is 2.21. The van der Waals surface area contributed by atoms with Crippen LogP contribution in [-0.4, -0.2) is 38.5 Å². The van der Waals surface area contributed by atoms with E-state index in [9.17, 15) is 0 Å². The molecule has 0 fully saturated rings. The molecule has 0 aromatic heterocycles. The first-order chi connectivity index (χ1) is 6.95. The molecule has 0 rings (SSSR count). The van der Waals surface area contributed by atoms with Crippen LogP contribution in [0.1, 0.15) is 40.5 Å². The average Bonchev–Trinajstić information content (AvgIpc) is 2.11. The van der Waals surface area contributed by atoms with Gasteiger partial charge in [-0.3, -0.25) is 0 Å². The lowest BCUT2D eigenvalue weighted by molar-refractivity contribution is -0.0497. The number of nitrogens with one attached hydrogen (secondary N) is 1. The fourth-order valence-corrected chi connectivity index (χ4v) is 1.25. The molecule has 1 N–H and O–H groups in total. The quantitative estimate of drug-likeness (QED) is 0.632. The lowest BCUT2D eigenvalue weighted by Crippen LogP contribution is -2.23. The fraction of sp³-hybridized carbons (Fsp3) is 1.00. The Morgan fingerprint density at radius 3 is 2.40 bits per heavy atom. The van der Waals surface area contributed by atoms with E-state index in [2.05, 4.69) is 33.0 Å². The van der Waals surface area contributed by atoms with Crippen LogP contribution in [0.4, 0.5) is 0 Å². The van der Waals surface area contributed by atoms with Gasteiger partial charge in [0.1, 0.15) is 0 Å². The zero-order valence-electron chi connectivity index (χ0n) is 10.9. The Bertz CT molecular complexity index is 143. The molecule has 0 heterocycles. The number of ether oxygens (including phenoxy) is 2. The largest absolute Gasteiger partial charge is 0.376 e. The molecular weight excluding hydrogens is 190 g/mol. The van der Waals surface area contributed by atoms with Crippen molar-refractivity contribution in [2.24, 2.45) is 0 Å². The third-order valence-electron chi connectivity index (χ3n) is 2.06. The molecule has 0 saturated carbocycles. The lowest BCUT2D eigenvalue weighted by Gasteiger charge is -2.20. The van der Waals surface area contributed by atoms with Gasteiger partial charge in [-0.25, -0.2) is 0 Å². The van der Waals surface area contributed by atoms with Crippen molar-refractivity contribution < 1.29 is 9.47 Å². The standard InChI is InChI=1S/C12H27NO2/c1-11(7-6-8-13-5)14-9-10-15-12(2,3)4/h11,13H,6-10H2,1-5H3. The van der Waals surface area contributed by atoms with E-state index in [-0.39, 0.29) is 5.60 Å². The van der Waals surface area contributed by atoms with Crippen molar-refractivity contribution in [2.45, 2.75) is 52.2 Å². The van der Waals surface area contributed by atoms with Gasteiger partial charge in [-0.1, -0.05) is 0 Å². The van der Waals surface area contributed by atoms with Gasteiger partial charge in [-0.05, 0) is 54.1 Å². The van der Waals surface area contributed by atoms with E-state index in [1.54, 1.807) is 0 Å². The van der Waals surface area contributed by atoms with E-state index in [1.165, 1.54) is 0 Å². The molecule has 0 aliphatic heterocycles. The first-order valence-electron chi connectivity index (χ1n) is 5.86. The van der Waals surface area contributed by atoms with Crippen molar-refractivity contribution in [3.05, 3.63) is 0 Å². The summed E-state index contributed by atoms with van der Waals surface area (Å²) in [6, 6.07) is 0. The van der Waals surface area contributed by atoms with Crippen LogP contribution >= 0.6 is 0 Å². The number of rotatable bonds is 8. The van der Waals surface area contributed by atoms with Crippen LogP contribution in [0, 0.1) is 0 Å². The van der Waals surface area contributed by atoms with Crippen LogP contribution in [0.3, 0.4) is 0 Å². The molecule has 1 atom stereocenters. The summed E-state index contributed by atoms with van der Waals surface area (Å²) in [7, 11) is 1.97. The molecule has 0 aromatic rings. The van der Waals surface area contributed by atoms with E-state index in [0.29, 0.717) is 19.3 Å². The van der Waals surface area contributed by atoms with E-state index in [1.807, 2.05) is 7.05 Å². The minimum absolute atomic E-state index is 0.0568. The SMILES string of the molecule is CNCCCC(C)OCCOC(C)(C)C. The van der Waals surface area contributed by atoms with Crippen LogP contribution in [0.5, 0.6) is 0 Å². The smallest absolute Gasteiger partial charge is 0.0707 e. The molecule has 0 amide bonds. The minimum atomic E-state index is -0.0568. The zero-order valence-corrected chi connectivity index (χ0v) is 10.9. The summed E-state index contributed by atoms with van der Waals surface area (Å²) in [5, 5.41) is 3.13. The van der Waals surface area contributed by atoms with Crippen molar-refractivity contribution >= 4 is 0 Å². The lowest BCUT2D eigenvalue weighted by atomic mass is 10.2. The fourth-order valence-electron chi connectivity index (χ4n) is 1.25. The van der Waals surface area contributed by atoms with Gasteiger partial charge >= 0.3 is 0 Å². The Labute approximate surface area is 94.5 Å². The first-order valence-corrected chi connectivity index (χ1v) is 5.86. The van der Waals surface area contributed by atoms with Crippen molar-refractivity contribution in [1.82, 2.24) is 5.32 Å². The highest BCUT2D eigenvalue weighted by atomic mass is 16.5. The van der Waals surface area contributed by atoms with Gasteiger partial charge in [0, 0.05) is 0 Å². The van der Waals surface area contributed by atoms with Gasteiger partial charge in [0.05, 0.1) is 24.9 Å². The summed E-state index contributed by atoms with van der Waals surface area (Å²) in [6.45, 7) is 10.7. The van der Waals surface area contributed by atoms with Gasteiger partial charge in [0.15, 0.2) is 0 Å². The topological polar surface area (TPSA) is 30.5 Å². The zero-order chi connectivity index (χ0) is 11.7. The van der Waals surface area contributed by atoms with Crippen molar-refractivity contribution in [3.8, 4) is 0 Å². The highest BCUT2D eigenvalue weighted by Crippen LogP contribution is 2.06. The molecule has 0 saturated heterocycles. The monoisotopic (exact) mass is 217 g/mol. The van der Waals surface area contributed by atoms with Crippen LogP contribution in [0.25, 0.3) is 0 Å². The second kappa shape index (κ2) is 8.08. The maximum absolute atomic E-state index is 5.63. The average molecular weight is 217 g/mol. The molecule has 0 aromatic carbocycles. The van der Waals surface area contributed by atoms with Gasteiger partial charge in [-0.2, -0.15) is 0 Å². The summed E-state index contributed by atoms with van der Waals surface area (Å²) < 4.78 is 11.2. The maximum atomic E-state index is 5.63. The van der Waals surface area contributed by atoms with Crippen LogP contribution in [-0.2, 0) is 9.47 Å². The Kier molecular flexibility index (Phi) is 8.02. The third kappa shape index (κ3) is 11.8. The molecule has 3 heteroatoms. The summed E-state index contributed by atoms with van der Waals surface area (Å²) >= 11 is 0. The molecule has 15 heavy (non-hydrogen) atoms. The molecule has 0 radical (unpaired) electrons. The summed E-state index contributed by atoms with van der Waals surface area (Å²) in [5.41, 5.74) is -0.0568. The van der Waals surface area contributed by atoms with E-state index < -0.39 is 0 Å². The minimum Gasteiger partial charge on any atom is -0.376 e. The second-order valence-corrected chi connectivity index (χ2v) is 4.89. The summed E-state index contributed by atoms with van der Waals surface area (Å²) in [4.78, 5) is 0. The Balaban J connectivity index is 3.27. The number of hydrogen-bond acceptors (Lipinski definition) is 3. The van der Waals surface area contributed by atoms with Crippen LogP contribution < -0.4 is 5.32 Å². The molecule has 0 aliphatic carbocycles. The Morgan fingerprint density at radius 2 is 1.87 bits per heavy atom. The van der Waals surface area contributed by atoms with Gasteiger partial charge in [0.25, 0.3) is 0 Å².